The molecular weight excluding hydrogens is 290 g/mol. The van der Waals surface area contributed by atoms with E-state index >= 15 is 0 Å². The van der Waals surface area contributed by atoms with Crippen LogP contribution in [0.1, 0.15) is 30.1 Å². The lowest BCUT2D eigenvalue weighted by Gasteiger charge is -2.28. The molecule has 2 heterocycles. The number of aromatic nitrogens is 1. The molecule has 0 spiro atoms. The van der Waals surface area contributed by atoms with E-state index < -0.39 is 0 Å². The van der Waals surface area contributed by atoms with Gasteiger partial charge >= 0.3 is 0 Å². The van der Waals surface area contributed by atoms with Crippen molar-refractivity contribution in [2.24, 2.45) is 0 Å². The molecule has 5 nitrogen and oxygen atoms in total. The third-order valence-corrected chi connectivity index (χ3v) is 4.24. The first-order valence-electron chi connectivity index (χ1n) is 7.61. The van der Waals surface area contributed by atoms with Crippen molar-refractivity contribution in [2.75, 3.05) is 25.7 Å². The predicted octanol–water partition coefficient (Wildman–Crippen LogP) is 3.31. The first-order chi connectivity index (χ1) is 11.3. The highest BCUT2D eigenvalue weighted by Gasteiger charge is 2.29. The second-order valence-electron chi connectivity index (χ2n) is 5.47. The van der Waals surface area contributed by atoms with Crippen molar-refractivity contribution in [3.63, 3.8) is 0 Å². The summed E-state index contributed by atoms with van der Waals surface area (Å²) in [6.07, 6.45) is 3.91. The largest absolute Gasteiger partial charge is 0.497 e. The Morgan fingerprint density at radius 2 is 2.09 bits per heavy atom. The van der Waals surface area contributed by atoms with Crippen LogP contribution in [-0.4, -0.2) is 25.7 Å². The fourth-order valence-electron chi connectivity index (χ4n) is 3.12. The predicted molar refractivity (Wildman–Crippen MR) is 87.8 cm³/mol. The number of anilines is 1. The number of hydrogen-bond acceptors (Lipinski definition) is 5. The quantitative estimate of drug-likeness (QED) is 0.867. The molecule has 1 aromatic carbocycles. The molecule has 1 aromatic heterocycles. The molecule has 1 saturated heterocycles. The molecule has 1 atom stereocenters. The number of methoxy groups -OCH3 is 2. The van der Waals surface area contributed by atoms with Gasteiger partial charge in [-0.25, -0.2) is 4.98 Å². The summed E-state index contributed by atoms with van der Waals surface area (Å²) >= 11 is 0. The van der Waals surface area contributed by atoms with Gasteiger partial charge in [0.05, 0.1) is 32.1 Å². The molecule has 0 aliphatic carbocycles. The number of rotatable bonds is 4. The van der Waals surface area contributed by atoms with E-state index in [4.69, 9.17) is 14.7 Å². The summed E-state index contributed by atoms with van der Waals surface area (Å²) in [5.41, 5.74) is 2.58. The lowest BCUT2D eigenvalue weighted by molar-refractivity contribution is 0.395. The molecule has 1 aliphatic rings. The fraction of sp³-hybridized carbons (Fsp3) is 0.333. The minimum absolute atomic E-state index is 0.217. The molecule has 0 amide bonds. The summed E-state index contributed by atoms with van der Waals surface area (Å²) in [5, 5.41) is 8.89. The van der Waals surface area contributed by atoms with E-state index in [9.17, 15) is 0 Å². The minimum atomic E-state index is 0.217. The van der Waals surface area contributed by atoms with E-state index in [0.29, 0.717) is 5.69 Å². The van der Waals surface area contributed by atoms with Gasteiger partial charge in [0.25, 0.3) is 0 Å². The van der Waals surface area contributed by atoms with Crippen LogP contribution in [0.3, 0.4) is 0 Å². The van der Waals surface area contributed by atoms with Crippen molar-refractivity contribution >= 4 is 5.69 Å². The van der Waals surface area contributed by atoms with Crippen LogP contribution in [0.25, 0.3) is 0 Å². The van der Waals surface area contributed by atoms with E-state index in [1.807, 2.05) is 24.3 Å². The average molecular weight is 309 g/mol. The molecule has 0 N–H and O–H groups in total. The molecule has 0 saturated carbocycles. The minimum Gasteiger partial charge on any atom is -0.497 e. The Hall–Kier alpha value is -2.74. The zero-order valence-electron chi connectivity index (χ0n) is 13.3. The van der Waals surface area contributed by atoms with Crippen LogP contribution in [0.5, 0.6) is 11.5 Å². The summed E-state index contributed by atoms with van der Waals surface area (Å²) in [4.78, 5) is 6.50. The first kappa shape index (κ1) is 15.2. The zero-order chi connectivity index (χ0) is 16.2. The van der Waals surface area contributed by atoms with E-state index in [1.165, 1.54) is 0 Å². The van der Waals surface area contributed by atoms with Gasteiger partial charge in [0.2, 0.25) is 0 Å². The molecule has 5 heteroatoms. The molecule has 0 radical (unpaired) electrons. The second kappa shape index (κ2) is 6.57. The Bertz CT molecular complexity index is 722. The van der Waals surface area contributed by atoms with Crippen molar-refractivity contribution in [1.29, 1.82) is 5.26 Å². The highest BCUT2D eigenvalue weighted by Crippen LogP contribution is 2.41. The maximum atomic E-state index is 8.89. The highest BCUT2D eigenvalue weighted by atomic mass is 16.5. The van der Waals surface area contributed by atoms with Crippen LogP contribution in [-0.2, 0) is 0 Å². The molecular formula is C18H19N3O2. The Balaban J connectivity index is 1.96. The van der Waals surface area contributed by atoms with Gasteiger partial charge in [-0.05, 0) is 43.2 Å². The molecule has 1 fully saturated rings. The normalized spacial score (nSPS) is 16.9. The topological polar surface area (TPSA) is 58.4 Å². The Labute approximate surface area is 136 Å². The summed E-state index contributed by atoms with van der Waals surface area (Å²) in [6, 6.07) is 11.9. The van der Waals surface area contributed by atoms with E-state index in [-0.39, 0.29) is 6.04 Å². The van der Waals surface area contributed by atoms with Crippen LogP contribution >= 0.6 is 0 Å². The van der Waals surface area contributed by atoms with Crippen molar-refractivity contribution in [2.45, 2.75) is 18.9 Å². The van der Waals surface area contributed by atoms with Gasteiger partial charge in [-0.2, -0.15) is 5.26 Å². The third-order valence-electron chi connectivity index (χ3n) is 4.24. The van der Waals surface area contributed by atoms with Crippen LogP contribution in [0.2, 0.25) is 0 Å². The number of hydrogen-bond donors (Lipinski definition) is 0. The average Bonchev–Trinajstić information content (AvgIpc) is 3.10. The maximum absolute atomic E-state index is 8.89. The monoisotopic (exact) mass is 309 g/mol. The lowest BCUT2D eigenvalue weighted by Crippen LogP contribution is -2.23. The van der Waals surface area contributed by atoms with Gasteiger partial charge in [0.15, 0.2) is 0 Å². The lowest BCUT2D eigenvalue weighted by atomic mass is 10.0. The van der Waals surface area contributed by atoms with Crippen molar-refractivity contribution in [3.05, 3.63) is 47.8 Å². The van der Waals surface area contributed by atoms with Gasteiger partial charge in [-0.1, -0.05) is 0 Å². The fourth-order valence-corrected chi connectivity index (χ4v) is 3.12. The number of nitriles is 1. The van der Waals surface area contributed by atoms with E-state index in [0.717, 1.165) is 42.1 Å². The van der Waals surface area contributed by atoms with Gasteiger partial charge in [0, 0.05) is 12.1 Å². The van der Waals surface area contributed by atoms with Gasteiger partial charge in [-0.3, -0.25) is 0 Å². The molecule has 1 unspecified atom stereocenters. The Morgan fingerprint density at radius 3 is 2.74 bits per heavy atom. The Kier molecular flexibility index (Phi) is 4.33. The van der Waals surface area contributed by atoms with Crippen molar-refractivity contribution in [1.82, 2.24) is 4.98 Å². The van der Waals surface area contributed by atoms with Crippen molar-refractivity contribution in [3.8, 4) is 17.6 Å². The van der Waals surface area contributed by atoms with Crippen LogP contribution in [0.15, 0.2) is 36.5 Å². The Morgan fingerprint density at radius 1 is 1.22 bits per heavy atom. The number of pyridine rings is 1. The molecule has 0 bridgehead atoms. The highest BCUT2D eigenvalue weighted by molar-refractivity contribution is 5.53. The molecule has 23 heavy (non-hydrogen) atoms. The number of ether oxygens (including phenoxy) is 2. The maximum Gasteiger partial charge on any atom is 0.140 e. The number of nitrogens with zero attached hydrogens (tertiary/aromatic N) is 3. The number of benzene rings is 1. The van der Waals surface area contributed by atoms with Crippen LogP contribution in [0.4, 0.5) is 5.69 Å². The van der Waals surface area contributed by atoms with Crippen LogP contribution < -0.4 is 14.4 Å². The van der Waals surface area contributed by atoms with E-state index in [1.54, 1.807) is 26.5 Å². The van der Waals surface area contributed by atoms with E-state index in [2.05, 4.69) is 16.0 Å². The summed E-state index contributed by atoms with van der Waals surface area (Å²) in [6.45, 7) is 0.957. The molecule has 1 aliphatic heterocycles. The van der Waals surface area contributed by atoms with Crippen molar-refractivity contribution < 1.29 is 9.47 Å². The summed E-state index contributed by atoms with van der Waals surface area (Å²) in [5.74, 6) is 1.69. The molecule has 2 aromatic rings. The smallest absolute Gasteiger partial charge is 0.140 e. The van der Waals surface area contributed by atoms with Gasteiger partial charge < -0.3 is 14.4 Å². The SMILES string of the molecule is COc1ccc(OC)c(C2CCCN2c2ccc(C#N)nc2)c1. The second-order valence-corrected chi connectivity index (χ2v) is 5.47. The van der Waals surface area contributed by atoms with Gasteiger partial charge in [-0.15, -0.1) is 0 Å². The zero-order valence-corrected chi connectivity index (χ0v) is 13.3. The third kappa shape index (κ3) is 2.93. The molecule has 3 rings (SSSR count). The summed E-state index contributed by atoms with van der Waals surface area (Å²) in [7, 11) is 3.36. The summed E-state index contributed by atoms with van der Waals surface area (Å²) < 4.78 is 10.9. The standard InChI is InChI=1S/C18H19N3O2/c1-22-15-7-8-18(23-2)16(10-15)17-4-3-9-21(17)14-6-5-13(11-19)20-12-14/h5-8,10,12,17H,3-4,9H2,1-2H3. The van der Waals surface area contributed by atoms with Crippen LogP contribution in [0, 0.1) is 11.3 Å². The molecule has 118 valence electrons. The van der Waals surface area contributed by atoms with Gasteiger partial charge in [0.1, 0.15) is 23.3 Å². The first-order valence-corrected chi connectivity index (χ1v) is 7.61.